The molecule has 0 unspecified atom stereocenters. The first-order valence-electron chi connectivity index (χ1n) is 1.63. The molecule has 0 aliphatic heterocycles. The summed E-state index contributed by atoms with van der Waals surface area (Å²) in [5.74, 6) is -0.0154. The third kappa shape index (κ3) is 2.84. The summed E-state index contributed by atoms with van der Waals surface area (Å²) < 4.78 is -1.30. The molecule has 8 heavy (non-hydrogen) atoms. The minimum atomic E-state index is -1.30. The Labute approximate surface area is 73.0 Å². The highest BCUT2D eigenvalue weighted by atomic mass is 35.5. The van der Waals surface area contributed by atoms with Gasteiger partial charge >= 0.3 is 0 Å². The van der Waals surface area contributed by atoms with Gasteiger partial charge in [-0.05, 0) is 0 Å². The Balaban J connectivity index is 3.71. The molecule has 0 aliphatic rings. The van der Waals surface area contributed by atoms with Crippen molar-refractivity contribution in [1.29, 1.82) is 0 Å². The van der Waals surface area contributed by atoms with E-state index in [0.717, 1.165) is 0 Å². The van der Waals surface area contributed by atoms with E-state index in [2.05, 4.69) is 0 Å². The van der Waals surface area contributed by atoms with Crippen molar-refractivity contribution in [3.63, 3.8) is 0 Å². The second-order valence-electron chi connectivity index (χ2n) is 1.10. The molecule has 0 spiro atoms. The van der Waals surface area contributed by atoms with Gasteiger partial charge in [0, 0.05) is 0 Å². The molecule has 0 fully saturated rings. The smallest absolute Gasteiger partial charge is 0.123 e. The van der Waals surface area contributed by atoms with Crippen molar-refractivity contribution in [2.24, 2.45) is 0 Å². The van der Waals surface area contributed by atoms with Crippen LogP contribution in [-0.4, -0.2) is 10.2 Å². The van der Waals surface area contributed by atoms with Crippen LogP contribution in [-0.2, 0) is 0 Å². The molecular weight excluding hydrogens is 213 g/mol. The second kappa shape index (κ2) is 3.58. The predicted molar refractivity (Wildman–Crippen MR) is 40.1 cm³/mol. The van der Waals surface area contributed by atoms with Gasteiger partial charge in [-0.2, -0.15) is 0 Å². The van der Waals surface area contributed by atoms with Crippen molar-refractivity contribution in [3.8, 4) is 0 Å². The largest absolute Gasteiger partial charge is 0.187 e. The van der Waals surface area contributed by atoms with Gasteiger partial charge in [0.05, 0.1) is 5.88 Å². The Bertz CT molecular complexity index is 68.1. The molecule has 0 amide bonds. The van der Waals surface area contributed by atoms with Gasteiger partial charge in [-0.15, -0.1) is 11.6 Å². The highest BCUT2D eigenvalue weighted by Crippen LogP contribution is 2.38. The van der Waals surface area contributed by atoms with Crippen molar-refractivity contribution in [2.75, 3.05) is 5.88 Å². The van der Waals surface area contributed by atoms with E-state index in [4.69, 9.17) is 58.0 Å². The summed E-state index contributed by atoms with van der Waals surface area (Å²) in [6, 6.07) is 0. The van der Waals surface area contributed by atoms with E-state index < -0.39 is 4.33 Å². The zero-order valence-electron chi connectivity index (χ0n) is 3.60. The third-order valence-corrected chi connectivity index (χ3v) is 2.80. The summed E-state index contributed by atoms with van der Waals surface area (Å²) in [6.45, 7) is 0. The molecule has 0 atom stereocenters. The van der Waals surface area contributed by atoms with Gasteiger partial charge in [0.15, 0.2) is 9.17 Å². The molecule has 0 bridgehead atoms. The molecule has 0 aromatic heterocycles. The number of halogens is 5. The number of hydrogen-bond donors (Lipinski definition) is 0. The van der Waals surface area contributed by atoms with Crippen molar-refractivity contribution >= 4 is 58.0 Å². The molecule has 49 valence electrons. The lowest BCUT2D eigenvalue weighted by Crippen LogP contribution is -2.17. The van der Waals surface area contributed by atoms with Crippen LogP contribution < -0.4 is 0 Å². The van der Waals surface area contributed by atoms with Crippen LogP contribution in [0.5, 0.6) is 0 Å². The first-order chi connectivity index (χ1) is 3.50. The fourth-order valence-corrected chi connectivity index (χ4v) is 0.455. The lowest BCUT2D eigenvalue weighted by Gasteiger charge is -2.14. The zero-order chi connectivity index (χ0) is 6.78. The molecule has 0 aromatic rings. The lowest BCUT2D eigenvalue weighted by atomic mass is 10.5. The van der Waals surface area contributed by atoms with Crippen LogP contribution in [0.25, 0.3) is 0 Å². The molecule has 0 saturated carbocycles. The zero-order valence-corrected chi connectivity index (χ0v) is 7.38. The maximum Gasteiger partial charge on any atom is 0.187 e. The average Bonchev–Trinajstić information content (AvgIpc) is 1.67. The molecule has 0 rings (SSSR count). The van der Waals surface area contributed by atoms with E-state index in [1.165, 1.54) is 0 Å². The maximum absolute atomic E-state index is 5.39. The van der Waals surface area contributed by atoms with Crippen LogP contribution in [0.15, 0.2) is 0 Å². The summed E-state index contributed by atoms with van der Waals surface area (Å²) in [4.78, 5) is -0.129. The Kier molecular flexibility index (Phi) is 4.23. The van der Waals surface area contributed by atoms with Gasteiger partial charge in [-0.3, -0.25) is 0 Å². The average molecular weight is 215 g/mol. The molecule has 5 heteroatoms. The molecule has 0 aromatic carbocycles. The second-order valence-corrected chi connectivity index (χ2v) is 3.80. The Hall–Kier alpha value is 1.45. The van der Waals surface area contributed by atoms with E-state index in [0.29, 0.717) is 0 Å². The maximum atomic E-state index is 5.39. The summed E-state index contributed by atoms with van der Waals surface area (Å²) in [5, 5.41) is 0. The van der Waals surface area contributed by atoms with Gasteiger partial charge in [-0.1, -0.05) is 46.4 Å². The molecule has 0 nitrogen and oxygen atoms in total. The van der Waals surface area contributed by atoms with E-state index >= 15 is 0 Å². The molecule has 0 aliphatic carbocycles. The lowest BCUT2D eigenvalue weighted by molar-refractivity contribution is 1.07. The van der Waals surface area contributed by atoms with E-state index in [-0.39, 0.29) is 10.7 Å². The first-order valence-corrected chi connectivity index (χ1v) is 3.67. The van der Waals surface area contributed by atoms with Crippen molar-refractivity contribution < 1.29 is 0 Å². The predicted octanol–water partition coefficient (Wildman–Crippen LogP) is 3.37. The minimum absolute atomic E-state index is 0.0154. The SMILES string of the molecule is ClCC(Cl)(Cl)[C](Cl)Cl. The fraction of sp³-hybridized carbons (Fsp3) is 0.667. The van der Waals surface area contributed by atoms with E-state index in [1.54, 1.807) is 0 Å². The first kappa shape index (κ1) is 9.45. The van der Waals surface area contributed by atoms with Crippen LogP contribution in [0.2, 0.25) is 0 Å². The molecule has 0 heterocycles. The van der Waals surface area contributed by atoms with Gasteiger partial charge in [0.1, 0.15) is 0 Å². The fourth-order valence-electron chi connectivity index (χ4n) is 0.0505. The number of hydrogen-bond acceptors (Lipinski definition) is 0. The van der Waals surface area contributed by atoms with Crippen molar-refractivity contribution in [1.82, 2.24) is 0 Å². The van der Waals surface area contributed by atoms with E-state index in [1.807, 2.05) is 0 Å². The summed E-state index contributed by atoms with van der Waals surface area (Å²) in [5.41, 5.74) is 0. The number of rotatable bonds is 2. The van der Waals surface area contributed by atoms with Crippen LogP contribution in [0.1, 0.15) is 0 Å². The normalized spacial score (nSPS) is 12.8. The molecule has 0 saturated heterocycles. The monoisotopic (exact) mass is 213 g/mol. The van der Waals surface area contributed by atoms with Gasteiger partial charge in [0.2, 0.25) is 0 Å². The summed E-state index contributed by atoms with van der Waals surface area (Å²) in [6.07, 6.45) is 0. The quantitative estimate of drug-likeness (QED) is 0.620. The van der Waals surface area contributed by atoms with Gasteiger partial charge < -0.3 is 0 Å². The molecular formula is C3H2Cl5. The topological polar surface area (TPSA) is 0 Å². The van der Waals surface area contributed by atoms with Crippen molar-refractivity contribution in [2.45, 2.75) is 4.33 Å². The third-order valence-electron chi connectivity index (χ3n) is 0.444. The Morgan fingerprint density at radius 3 is 1.62 bits per heavy atom. The van der Waals surface area contributed by atoms with Gasteiger partial charge in [0.25, 0.3) is 0 Å². The van der Waals surface area contributed by atoms with E-state index in [9.17, 15) is 0 Å². The highest BCUT2D eigenvalue weighted by molar-refractivity contribution is 6.66. The summed E-state index contributed by atoms with van der Waals surface area (Å²) in [7, 11) is 0. The van der Waals surface area contributed by atoms with Crippen LogP contribution >= 0.6 is 58.0 Å². The summed E-state index contributed by atoms with van der Waals surface area (Å²) >= 11 is 26.4. The Morgan fingerprint density at radius 1 is 1.25 bits per heavy atom. The Morgan fingerprint density at radius 2 is 1.62 bits per heavy atom. The van der Waals surface area contributed by atoms with Crippen LogP contribution in [0.4, 0.5) is 0 Å². The standard InChI is InChI=1S/C3H2Cl5/c4-1-3(7,8)2(5)6/h1H2. The van der Waals surface area contributed by atoms with Gasteiger partial charge in [-0.25, -0.2) is 0 Å². The van der Waals surface area contributed by atoms with Crippen LogP contribution in [0.3, 0.4) is 0 Å². The van der Waals surface area contributed by atoms with Crippen LogP contribution in [0, 0.1) is 4.84 Å². The minimum Gasteiger partial charge on any atom is -0.123 e. The van der Waals surface area contributed by atoms with Crippen molar-refractivity contribution in [3.05, 3.63) is 4.84 Å². The highest BCUT2D eigenvalue weighted by Gasteiger charge is 2.32. The number of alkyl halides is 3. The molecule has 0 N–H and O–H groups in total. The molecule has 1 radical (unpaired) electrons.